The fraction of sp³-hybridized carbons (Fsp3) is 0.381. The first-order chi connectivity index (χ1) is 12.1. The monoisotopic (exact) mass is 371 g/mol. The zero-order valence-corrected chi connectivity index (χ0v) is 17.2. The molecule has 1 atom stereocenters. The van der Waals surface area contributed by atoms with Gasteiger partial charge in [-0.25, -0.2) is 0 Å². The third kappa shape index (κ3) is 4.73. The summed E-state index contributed by atoms with van der Waals surface area (Å²) >= 11 is 0. The highest BCUT2D eigenvalue weighted by Crippen LogP contribution is 2.36. The maximum absolute atomic E-state index is 10.8. The van der Waals surface area contributed by atoms with Crippen LogP contribution in [0.3, 0.4) is 0 Å². The minimum atomic E-state index is -0.173. The van der Waals surface area contributed by atoms with Crippen LogP contribution in [-0.4, -0.2) is 38.0 Å². The molecule has 1 unspecified atom stereocenters. The SMILES string of the molecule is C=Cc1nn(-c2cc(C)cc(C(C)(C)C)c2O)nc1/C=C/CCS(=C)C. The van der Waals surface area contributed by atoms with Gasteiger partial charge < -0.3 is 5.11 Å². The van der Waals surface area contributed by atoms with Crippen molar-refractivity contribution in [3.05, 3.63) is 47.3 Å². The Labute approximate surface area is 159 Å². The fourth-order valence-corrected chi connectivity index (χ4v) is 3.19. The Balaban J connectivity index is 2.46. The van der Waals surface area contributed by atoms with Gasteiger partial charge in [-0.1, -0.05) is 45.4 Å². The van der Waals surface area contributed by atoms with Gasteiger partial charge in [0.2, 0.25) is 0 Å². The second-order valence-electron chi connectivity index (χ2n) is 7.57. The Bertz CT molecular complexity index is 857. The molecule has 0 saturated heterocycles. The average molecular weight is 372 g/mol. The Morgan fingerprint density at radius 2 is 1.88 bits per heavy atom. The van der Waals surface area contributed by atoms with Gasteiger partial charge in [0.05, 0.1) is 0 Å². The molecule has 0 aliphatic carbocycles. The summed E-state index contributed by atoms with van der Waals surface area (Å²) in [7, 11) is 0.182. The highest BCUT2D eigenvalue weighted by Gasteiger charge is 2.22. The predicted molar refractivity (Wildman–Crippen MR) is 116 cm³/mol. The Hall–Kier alpha value is -2.14. The summed E-state index contributed by atoms with van der Waals surface area (Å²) in [6.45, 7) is 12.1. The number of allylic oxidation sites excluding steroid dienone is 1. The lowest BCUT2D eigenvalue weighted by Crippen LogP contribution is -2.13. The van der Waals surface area contributed by atoms with E-state index in [4.69, 9.17) is 0 Å². The number of aromatic nitrogens is 3. The summed E-state index contributed by atoms with van der Waals surface area (Å²) in [5, 5.41) is 19.9. The largest absolute Gasteiger partial charge is 0.505 e. The third-order valence-corrected chi connectivity index (χ3v) is 4.96. The number of nitrogens with zero attached hydrogens (tertiary/aromatic N) is 3. The van der Waals surface area contributed by atoms with E-state index in [9.17, 15) is 5.11 Å². The van der Waals surface area contributed by atoms with Gasteiger partial charge in [-0.3, -0.25) is 0 Å². The molecule has 1 aromatic carbocycles. The van der Waals surface area contributed by atoms with Crippen molar-refractivity contribution in [3.8, 4) is 11.4 Å². The van der Waals surface area contributed by atoms with Gasteiger partial charge >= 0.3 is 0 Å². The number of aryl methyl sites for hydroxylation is 1. The molecule has 1 N–H and O–H groups in total. The van der Waals surface area contributed by atoms with Gasteiger partial charge in [-0.05, 0) is 54.6 Å². The molecule has 5 heteroatoms. The third-order valence-electron chi connectivity index (χ3n) is 4.03. The number of rotatable bonds is 6. The molecule has 0 amide bonds. The summed E-state index contributed by atoms with van der Waals surface area (Å²) in [6.07, 6.45) is 8.83. The highest BCUT2D eigenvalue weighted by molar-refractivity contribution is 8.13. The number of phenolic OH excluding ortho intramolecular Hbond substituents is 1. The van der Waals surface area contributed by atoms with Gasteiger partial charge in [-0.15, -0.1) is 15.0 Å². The second kappa shape index (κ2) is 8.04. The first-order valence-corrected chi connectivity index (χ1v) is 10.6. The van der Waals surface area contributed by atoms with E-state index in [0.717, 1.165) is 29.0 Å². The fourth-order valence-electron chi connectivity index (χ4n) is 2.65. The molecule has 0 fully saturated rings. The first-order valence-electron chi connectivity index (χ1n) is 8.66. The molecule has 0 radical (unpaired) electrons. The smallest absolute Gasteiger partial charge is 0.146 e. The summed E-state index contributed by atoms with van der Waals surface area (Å²) in [6, 6.07) is 3.91. The van der Waals surface area contributed by atoms with Crippen LogP contribution < -0.4 is 0 Å². The minimum Gasteiger partial charge on any atom is -0.505 e. The number of hydrogen-bond acceptors (Lipinski definition) is 3. The molecule has 140 valence electrons. The Morgan fingerprint density at radius 3 is 2.46 bits per heavy atom. The summed E-state index contributed by atoms with van der Waals surface area (Å²) < 4.78 is 0. The second-order valence-corrected chi connectivity index (χ2v) is 9.54. The molecule has 2 aromatic rings. The van der Waals surface area contributed by atoms with Gasteiger partial charge in [0, 0.05) is 5.56 Å². The molecule has 0 aliphatic rings. The molecule has 2 rings (SSSR count). The van der Waals surface area contributed by atoms with Crippen LogP contribution in [0.5, 0.6) is 5.75 Å². The van der Waals surface area contributed by atoms with Crippen LogP contribution in [-0.2, 0) is 5.41 Å². The summed E-state index contributed by atoms with van der Waals surface area (Å²) in [5.41, 5.74) is 3.80. The molecule has 1 heterocycles. The van der Waals surface area contributed by atoms with E-state index >= 15 is 0 Å². The highest BCUT2D eigenvalue weighted by atomic mass is 32.2. The van der Waals surface area contributed by atoms with Crippen molar-refractivity contribution in [3.63, 3.8) is 0 Å². The Kier molecular flexibility index (Phi) is 6.24. The maximum atomic E-state index is 10.8. The number of benzene rings is 1. The van der Waals surface area contributed by atoms with E-state index in [-0.39, 0.29) is 21.6 Å². The standard InChI is InChI=1S/C21H29N3OS/c1-8-17-18(11-9-10-12-26(6)7)23-24(22-17)19-14-15(2)13-16(20(19)25)21(3,4)5/h8-9,11,13-14,25H,1,6,10,12H2,2-5,7H3/b11-9+. The number of aromatic hydroxyl groups is 1. The van der Waals surface area contributed by atoms with Gasteiger partial charge in [-0.2, -0.15) is 10.5 Å². The lowest BCUT2D eigenvalue weighted by Gasteiger charge is -2.22. The number of hydrogen-bond donors (Lipinski definition) is 1. The van der Waals surface area contributed by atoms with Gasteiger partial charge in [0.25, 0.3) is 0 Å². The van der Waals surface area contributed by atoms with Crippen LogP contribution in [0.2, 0.25) is 0 Å². The molecule has 1 aromatic heterocycles. The van der Waals surface area contributed by atoms with Crippen LogP contribution in [0.4, 0.5) is 0 Å². The van der Waals surface area contributed by atoms with Crippen LogP contribution in [0.1, 0.15) is 49.7 Å². The van der Waals surface area contributed by atoms with Crippen LogP contribution in [0, 0.1) is 6.92 Å². The first kappa shape index (κ1) is 20.2. The lowest BCUT2D eigenvalue weighted by atomic mass is 9.85. The molecule has 0 aliphatic heterocycles. The minimum absolute atomic E-state index is 0.173. The van der Waals surface area contributed by atoms with Gasteiger partial charge in [0.15, 0.2) is 0 Å². The maximum Gasteiger partial charge on any atom is 0.146 e. The van der Waals surface area contributed by atoms with E-state index in [1.165, 1.54) is 4.80 Å². The topological polar surface area (TPSA) is 50.9 Å². The molecular weight excluding hydrogens is 342 g/mol. The Morgan fingerprint density at radius 1 is 1.23 bits per heavy atom. The molecule has 26 heavy (non-hydrogen) atoms. The van der Waals surface area contributed by atoms with Crippen molar-refractivity contribution in [1.29, 1.82) is 0 Å². The average Bonchev–Trinajstić information content (AvgIpc) is 2.95. The van der Waals surface area contributed by atoms with Crippen molar-refractivity contribution in [2.45, 2.75) is 39.5 Å². The van der Waals surface area contributed by atoms with Crippen LogP contribution in [0.15, 0.2) is 24.8 Å². The van der Waals surface area contributed by atoms with Gasteiger partial charge in [0.1, 0.15) is 22.8 Å². The van der Waals surface area contributed by atoms with E-state index < -0.39 is 0 Å². The van der Waals surface area contributed by atoms with Crippen molar-refractivity contribution in [2.75, 3.05) is 12.0 Å². The van der Waals surface area contributed by atoms with Crippen molar-refractivity contribution < 1.29 is 5.11 Å². The molecule has 0 spiro atoms. The zero-order valence-electron chi connectivity index (χ0n) is 16.4. The van der Waals surface area contributed by atoms with E-state index in [1.807, 2.05) is 25.1 Å². The molecule has 0 saturated carbocycles. The quantitative estimate of drug-likeness (QED) is 0.731. The summed E-state index contributed by atoms with van der Waals surface area (Å²) in [4.78, 5) is 1.50. The molecule has 0 bridgehead atoms. The van der Waals surface area contributed by atoms with E-state index in [0.29, 0.717) is 11.4 Å². The van der Waals surface area contributed by atoms with Crippen LogP contribution >= 0.6 is 10.5 Å². The van der Waals surface area contributed by atoms with Crippen molar-refractivity contribution in [1.82, 2.24) is 15.0 Å². The van der Waals surface area contributed by atoms with E-state index in [1.54, 1.807) is 6.08 Å². The normalized spacial score (nSPS) is 13.3. The molecular formula is C21H29N3OS. The predicted octanol–water partition coefficient (Wildman–Crippen LogP) is 4.96. The lowest BCUT2D eigenvalue weighted by molar-refractivity contribution is 0.440. The zero-order chi connectivity index (χ0) is 19.5. The van der Waals surface area contributed by atoms with Crippen molar-refractivity contribution >= 4 is 28.5 Å². The van der Waals surface area contributed by atoms with E-state index in [2.05, 4.69) is 55.7 Å². The number of phenols is 1. The molecule has 4 nitrogen and oxygen atoms in total. The summed E-state index contributed by atoms with van der Waals surface area (Å²) in [5.74, 6) is 5.30. The van der Waals surface area contributed by atoms with Crippen LogP contribution in [0.25, 0.3) is 17.8 Å². The van der Waals surface area contributed by atoms with Crippen molar-refractivity contribution in [2.24, 2.45) is 0 Å².